The molecule has 4 rings (SSSR count). The third-order valence-corrected chi connectivity index (χ3v) is 7.11. The molecule has 1 fully saturated rings. The Kier molecular flexibility index (Phi) is 5.78. The highest BCUT2D eigenvalue weighted by Crippen LogP contribution is 2.46. The summed E-state index contributed by atoms with van der Waals surface area (Å²) in [6.45, 7) is 4.96. The van der Waals surface area contributed by atoms with Crippen molar-refractivity contribution in [3.05, 3.63) is 53.1 Å². The number of alkyl halides is 3. The Balaban J connectivity index is 1.63. The summed E-state index contributed by atoms with van der Waals surface area (Å²) in [6.07, 6.45) is -2.79. The van der Waals surface area contributed by atoms with Crippen LogP contribution in [-0.2, 0) is 11.1 Å². The highest BCUT2D eigenvalue weighted by molar-refractivity contribution is 6.00. The number of nitrogens with zero attached hydrogens (tertiary/aromatic N) is 3. The number of halogens is 4. The Morgan fingerprint density at radius 1 is 1.09 bits per heavy atom. The number of ketones is 1. The molecular weight excluding hydrogens is 454 g/mol. The number of rotatable bonds is 3. The van der Waals surface area contributed by atoms with Crippen molar-refractivity contribution in [1.82, 2.24) is 14.4 Å². The Labute approximate surface area is 195 Å². The topological polar surface area (TPSA) is 54.8 Å². The first-order valence-electron chi connectivity index (χ1n) is 11.0. The van der Waals surface area contributed by atoms with Gasteiger partial charge in [-0.15, -0.1) is 0 Å². The normalized spacial score (nSPS) is 19.7. The van der Waals surface area contributed by atoms with Crippen LogP contribution in [-0.4, -0.2) is 66.0 Å². The van der Waals surface area contributed by atoms with Crippen LogP contribution in [0.25, 0.3) is 0 Å². The summed E-state index contributed by atoms with van der Waals surface area (Å²) in [7, 11) is 3.32. The SMILES string of the molecule is COc1ccc(C(=O)N2CCC3(CC2)c2cc(C(=O)C(F)(F)F)cn2C(C)(C)CN3C)c(F)c1. The molecule has 2 aliphatic rings. The predicted molar refractivity (Wildman–Crippen MR) is 117 cm³/mol. The van der Waals surface area contributed by atoms with Crippen molar-refractivity contribution in [2.45, 2.75) is 43.9 Å². The van der Waals surface area contributed by atoms with Crippen LogP contribution in [0.4, 0.5) is 17.6 Å². The molecule has 0 atom stereocenters. The van der Waals surface area contributed by atoms with Crippen LogP contribution in [0.15, 0.2) is 30.5 Å². The van der Waals surface area contributed by atoms with Gasteiger partial charge in [0.1, 0.15) is 11.6 Å². The molecule has 10 heteroatoms. The van der Waals surface area contributed by atoms with Crippen molar-refractivity contribution in [2.75, 3.05) is 33.8 Å². The Bertz CT molecular complexity index is 1130. The monoisotopic (exact) mass is 481 g/mol. The van der Waals surface area contributed by atoms with Crippen LogP contribution in [0, 0.1) is 5.82 Å². The molecule has 0 bridgehead atoms. The fourth-order valence-corrected chi connectivity index (χ4v) is 5.30. The minimum atomic E-state index is -4.96. The van der Waals surface area contributed by atoms with Gasteiger partial charge >= 0.3 is 6.18 Å². The summed E-state index contributed by atoms with van der Waals surface area (Å²) in [5.74, 6) is -2.68. The molecule has 34 heavy (non-hydrogen) atoms. The smallest absolute Gasteiger partial charge is 0.454 e. The predicted octanol–water partition coefficient (Wildman–Crippen LogP) is 4.19. The molecule has 6 nitrogen and oxygen atoms in total. The fraction of sp³-hybridized carbons (Fsp3) is 0.500. The molecule has 0 N–H and O–H groups in total. The molecule has 0 radical (unpaired) electrons. The first kappa shape index (κ1) is 24.3. The number of ether oxygens (including phenoxy) is 1. The number of carbonyl (C=O) groups is 2. The number of fused-ring (bicyclic) bond motifs is 2. The maximum absolute atomic E-state index is 14.4. The van der Waals surface area contributed by atoms with Crippen molar-refractivity contribution < 1.29 is 31.9 Å². The summed E-state index contributed by atoms with van der Waals surface area (Å²) in [5.41, 5.74) is -0.991. The van der Waals surface area contributed by atoms with Gasteiger partial charge in [0.15, 0.2) is 0 Å². The molecular formula is C24H27F4N3O3. The number of hydrogen-bond donors (Lipinski definition) is 0. The summed E-state index contributed by atoms with van der Waals surface area (Å²) in [4.78, 5) is 28.6. The Hall–Kier alpha value is -2.88. The molecule has 184 valence electrons. The van der Waals surface area contributed by atoms with E-state index in [1.165, 1.54) is 31.5 Å². The van der Waals surface area contributed by atoms with E-state index in [9.17, 15) is 27.2 Å². The van der Waals surface area contributed by atoms with Gasteiger partial charge in [0.25, 0.3) is 11.7 Å². The molecule has 0 saturated carbocycles. The summed E-state index contributed by atoms with van der Waals surface area (Å²) in [6, 6.07) is 5.40. The molecule has 0 aliphatic carbocycles. The van der Waals surface area contributed by atoms with E-state index in [4.69, 9.17) is 4.74 Å². The van der Waals surface area contributed by atoms with E-state index in [0.717, 1.165) is 6.07 Å². The second-order valence-corrected chi connectivity index (χ2v) is 9.65. The molecule has 2 aromatic rings. The van der Waals surface area contributed by atoms with E-state index < -0.39 is 34.8 Å². The van der Waals surface area contributed by atoms with Crippen molar-refractivity contribution in [3.63, 3.8) is 0 Å². The highest BCUT2D eigenvalue weighted by atomic mass is 19.4. The number of amides is 1. The van der Waals surface area contributed by atoms with Crippen LogP contribution in [0.3, 0.4) is 0 Å². The minimum absolute atomic E-state index is 0.0590. The lowest BCUT2D eigenvalue weighted by molar-refractivity contribution is -0.0885. The zero-order valence-corrected chi connectivity index (χ0v) is 19.5. The van der Waals surface area contributed by atoms with Gasteiger partial charge in [0, 0.05) is 43.2 Å². The van der Waals surface area contributed by atoms with Gasteiger partial charge in [0.05, 0.1) is 23.8 Å². The van der Waals surface area contributed by atoms with Gasteiger partial charge < -0.3 is 14.2 Å². The number of piperidine rings is 1. The molecule has 1 spiro atoms. The van der Waals surface area contributed by atoms with E-state index in [-0.39, 0.29) is 11.1 Å². The van der Waals surface area contributed by atoms with Crippen molar-refractivity contribution in [2.24, 2.45) is 0 Å². The van der Waals surface area contributed by atoms with Gasteiger partial charge in [0.2, 0.25) is 0 Å². The lowest BCUT2D eigenvalue weighted by atomic mass is 9.78. The average Bonchev–Trinajstić information content (AvgIpc) is 3.23. The van der Waals surface area contributed by atoms with E-state index in [1.807, 2.05) is 20.9 Å². The number of likely N-dealkylation sites (tertiary alicyclic amines) is 1. The van der Waals surface area contributed by atoms with E-state index in [2.05, 4.69) is 4.90 Å². The highest BCUT2D eigenvalue weighted by Gasteiger charge is 2.50. The van der Waals surface area contributed by atoms with Crippen molar-refractivity contribution >= 4 is 11.7 Å². The first-order valence-corrected chi connectivity index (χ1v) is 11.0. The maximum Gasteiger partial charge on any atom is 0.454 e. The second-order valence-electron chi connectivity index (χ2n) is 9.65. The number of methoxy groups -OCH3 is 1. The molecule has 1 aromatic heterocycles. The summed E-state index contributed by atoms with van der Waals surface area (Å²) >= 11 is 0. The van der Waals surface area contributed by atoms with Crippen LogP contribution in [0.2, 0.25) is 0 Å². The molecule has 0 unspecified atom stereocenters. The van der Waals surface area contributed by atoms with E-state index in [0.29, 0.717) is 43.9 Å². The number of aromatic nitrogens is 1. The summed E-state index contributed by atoms with van der Waals surface area (Å²) < 4.78 is 60.6. The zero-order valence-electron chi connectivity index (χ0n) is 19.5. The van der Waals surface area contributed by atoms with E-state index >= 15 is 0 Å². The zero-order chi connectivity index (χ0) is 25.1. The maximum atomic E-state index is 14.4. The van der Waals surface area contributed by atoms with Crippen LogP contribution in [0.5, 0.6) is 5.75 Å². The largest absolute Gasteiger partial charge is 0.497 e. The summed E-state index contributed by atoms with van der Waals surface area (Å²) in [5, 5.41) is 0. The lowest BCUT2D eigenvalue weighted by Gasteiger charge is -2.54. The molecule has 3 heterocycles. The average molecular weight is 481 g/mol. The van der Waals surface area contributed by atoms with Crippen LogP contribution >= 0.6 is 0 Å². The van der Waals surface area contributed by atoms with Gasteiger partial charge in [-0.05, 0) is 51.9 Å². The van der Waals surface area contributed by atoms with Crippen molar-refractivity contribution in [3.8, 4) is 5.75 Å². The van der Waals surface area contributed by atoms with Gasteiger partial charge in [-0.25, -0.2) is 4.39 Å². The molecule has 2 aliphatic heterocycles. The van der Waals surface area contributed by atoms with E-state index in [1.54, 1.807) is 9.47 Å². The van der Waals surface area contributed by atoms with Crippen LogP contribution in [0.1, 0.15) is 53.1 Å². The molecule has 1 amide bonds. The minimum Gasteiger partial charge on any atom is -0.497 e. The Morgan fingerprint density at radius 2 is 1.74 bits per heavy atom. The third-order valence-electron chi connectivity index (χ3n) is 7.11. The first-order chi connectivity index (χ1) is 15.8. The lowest BCUT2D eigenvalue weighted by Crippen LogP contribution is -2.60. The standard InChI is InChI=1S/C24H27F4N3O3/c1-22(2)14-29(3)23(19-11-15(13-31(19)22)20(32)24(26,27)28)7-9-30(10-8-23)21(33)17-6-5-16(34-4)12-18(17)25/h5-6,11-13H,7-10,14H2,1-4H3. The Morgan fingerprint density at radius 3 is 2.29 bits per heavy atom. The van der Waals surface area contributed by atoms with Gasteiger partial charge in [-0.3, -0.25) is 14.5 Å². The molecule has 1 aromatic carbocycles. The number of Topliss-reactive ketones (excluding diaryl/α,β-unsaturated/α-hetero) is 1. The quantitative estimate of drug-likeness (QED) is 0.487. The number of benzene rings is 1. The number of carbonyl (C=O) groups excluding carboxylic acids is 2. The fourth-order valence-electron chi connectivity index (χ4n) is 5.30. The van der Waals surface area contributed by atoms with Crippen LogP contribution < -0.4 is 4.74 Å². The third kappa shape index (κ3) is 3.87. The van der Waals surface area contributed by atoms with Gasteiger partial charge in [-0.1, -0.05) is 0 Å². The van der Waals surface area contributed by atoms with Gasteiger partial charge in [-0.2, -0.15) is 13.2 Å². The van der Waals surface area contributed by atoms with Crippen molar-refractivity contribution in [1.29, 1.82) is 0 Å². The molecule has 1 saturated heterocycles. The number of hydrogen-bond acceptors (Lipinski definition) is 4. The second kappa shape index (κ2) is 8.11. The number of likely N-dealkylation sites (N-methyl/N-ethyl adjacent to an activating group) is 1.